The van der Waals surface area contributed by atoms with E-state index in [9.17, 15) is 18.0 Å². The summed E-state index contributed by atoms with van der Waals surface area (Å²) in [5, 5.41) is 4.59. The minimum atomic E-state index is -0.663. The summed E-state index contributed by atoms with van der Waals surface area (Å²) in [4.78, 5) is 15.3. The van der Waals surface area contributed by atoms with Crippen LogP contribution < -0.4 is 0 Å². The molecule has 0 saturated heterocycles. The molecule has 0 N–H and O–H groups in total. The lowest BCUT2D eigenvalue weighted by atomic mass is 9.97. The van der Waals surface area contributed by atoms with Crippen molar-refractivity contribution in [3.05, 3.63) is 94.1 Å². The van der Waals surface area contributed by atoms with Crippen molar-refractivity contribution in [1.82, 2.24) is 14.5 Å². The number of aromatic nitrogens is 2. The number of benzene rings is 2. The highest BCUT2D eigenvalue weighted by Gasteiger charge is 2.28. The Kier molecular flexibility index (Phi) is 5.42. The van der Waals surface area contributed by atoms with Gasteiger partial charge in [-0.2, -0.15) is 5.10 Å². The maximum atomic E-state index is 14.6. The van der Waals surface area contributed by atoms with E-state index >= 15 is 0 Å². The molecule has 1 aliphatic rings. The van der Waals surface area contributed by atoms with E-state index in [1.165, 1.54) is 30.3 Å². The van der Waals surface area contributed by atoms with E-state index in [1.807, 2.05) is 13.8 Å². The summed E-state index contributed by atoms with van der Waals surface area (Å²) in [5.41, 5.74) is 4.25. The highest BCUT2D eigenvalue weighted by molar-refractivity contribution is 5.97. The number of fused-ring (bicyclic) bond motifs is 2. The number of hydrogen-bond donors (Lipinski definition) is 0. The van der Waals surface area contributed by atoms with Gasteiger partial charge in [-0.05, 0) is 66.8 Å². The fraction of sp³-hybridized carbons (Fsp3) is 0.259. The number of carbonyl (C=O) groups is 1. The van der Waals surface area contributed by atoms with Gasteiger partial charge in [0.15, 0.2) is 0 Å². The number of pyridine rings is 1. The van der Waals surface area contributed by atoms with E-state index in [-0.39, 0.29) is 23.2 Å². The van der Waals surface area contributed by atoms with Gasteiger partial charge in [0.1, 0.15) is 17.5 Å². The van der Waals surface area contributed by atoms with Crippen LogP contribution in [0.25, 0.3) is 16.6 Å². The largest absolute Gasteiger partial charge is 0.334 e. The third-order valence-corrected chi connectivity index (χ3v) is 6.47. The third-order valence-electron chi connectivity index (χ3n) is 6.47. The quantitative estimate of drug-likeness (QED) is 0.371. The van der Waals surface area contributed by atoms with Crippen molar-refractivity contribution in [2.45, 2.75) is 39.7 Å². The van der Waals surface area contributed by atoms with E-state index in [2.05, 4.69) is 5.10 Å². The molecule has 2 aromatic heterocycles. The first-order chi connectivity index (χ1) is 16.3. The molecule has 0 fully saturated rings. The summed E-state index contributed by atoms with van der Waals surface area (Å²) in [6.45, 7) is 6.46. The van der Waals surface area contributed by atoms with Crippen LogP contribution in [0.4, 0.5) is 13.2 Å². The van der Waals surface area contributed by atoms with Gasteiger partial charge in [-0.3, -0.25) is 4.79 Å². The first-order valence-electron chi connectivity index (χ1n) is 11.3. The Hall–Kier alpha value is -3.61. The van der Waals surface area contributed by atoms with Gasteiger partial charge in [-0.1, -0.05) is 26.0 Å². The van der Waals surface area contributed by atoms with Gasteiger partial charge in [-0.15, -0.1) is 0 Å². The Morgan fingerprint density at radius 2 is 1.71 bits per heavy atom. The standard InChI is InChI=1S/C27H24F3N3O/c1-15(2)26-20(27(34)32-12-11-17-7-8-19(28)13-18(17)14-32)9-10-23-24(16(3)31-33(23)26)25-21(29)5-4-6-22(25)30/h4-10,13,15H,11-12,14H2,1-3H3. The highest BCUT2D eigenvalue weighted by atomic mass is 19.1. The summed E-state index contributed by atoms with van der Waals surface area (Å²) < 4.78 is 44.6. The van der Waals surface area contributed by atoms with Crippen LogP contribution >= 0.6 is 0 Å². The van der Waals surface area contributed by atoms with Gasteiger partial charge in [0, 0.05) is 18.7 Å². The fourth-order valence-electron chi connectivity index (χ4n) is 4.90. The van der Waals surface area contributed by atoms with Crippen LogP contribution in [0.3, 0.4) is 0 Å². The fourth-order valence-corrected chi connectivity index (χ4v) is 4.90. The molecule has 4 aromatic rings. The first kappa shape index (κ1) is 22.2. The molecule has 0 saturated carbocycles. The van der Waals surface area contributed by atoms with Crippen molar-refractivity contribution in [2.24, 2.45) is 0 Å². The topological polar surface area (TPSA) is 37.6 Å². The van der Waals surface area contributed by atoms with Crippen LogP contribution in [0.1, 0.15) is 52.6 Å². The molecule has 4 nitrogen and oxygen atoms in total. The van der Waals surface area contributed by atoms with Crippen molar-refractivity contribution in [3.63, 3.8) is 0 Å². The average Bonchev–Trinajstić information content (AvgIpc) is 3.12. The number of aryl methyl sites for hydroxylation is 1. The molecule has 0 unspecified atom stereocenters. The first-order valence-corrected chi connectivity index (χ1v) is 11.3. The molecule has 0 aliphatic carbocycles. The number of hydrogen-bond acceptors (Lipinski definition) is 2. The Bertz CT molecular complexity index is 1420. The lowest BCUT2D eigenvalue weighted by molar-refractivity contribution is 0.0732. The Morgan fingerprint density at radius 1 is 0.971 bits per heavy atom. The number of carbonyl (C=O) groups excluding carboxylic acids is 1. The van der Waals surface area contributed by atoms with Crippen LogP contribution in [0.5, 0.6) is 0 Å². The zero-order chi connectivity index (χ0) is 24.1. The van der Waals surface area contributed by atoms with Crippen molar-refractivity contribution < 1.29 is 18.0 Å². The molecular weight excluding hydrogens is 439 g/mol. The van der Waals surface area contributed by atoms with E-state index in [4.69, 9.17) is 0 Å². The number of halogens is 3. The summed E-state index contributed by atoms with van der Waals surface area (Å²) in [6.07, 6.45) is 0.651. The average molecular weight is 464 g/mol. The highest BCUT2D eigenvalue weighted by Crippen LogP contribution is 2.35. The molecule has 0 spiro atoms. The van der Waals surface area contributed by atoms with Gasteiger partial charge < -0.3 is 4.90 Å². The Labute approximate surface area is 195 Å². The molecule has 0 atom stereocenters. The van der Waals surface area contributed by atoms with Crippen molar-refractivity contribution in [2.75, 3.05) is 6.54 Å². The second kappa shape index (κ2) is 8.31. The van der Waals surface area contributed by atoms with E-state index in [0.717, 1.165) is 11.1 Å². The number of amides is 1. The molecule has 2 aromatic carbocycles. The molecule has 0 bridgehead atoms. The van der Waals surface area contributed by atoms with E-state index in [0.29, 0.717) is 47.5 Å². The third kappa shape index (κ3) is 3.56. The smallest absolute Gasteiger partial charge is 0.256 e. The Balaban J connectivity index is 1.62. The van der Waals surface area contributed by atoms with Gasteiger partial charge in [0.05, 0.1) is 28.0 Å². The lowest BCUT2D eigenvalue weighted by Gasteiger charge is -2.30. The van der Waals surface area contributed by atoms with Crippen LogP contribution in [-0.2, 0) is 13.0 Å². The molecular formula is C27H24F3N3O. The summed E-state index contributed by atoms with van der Waals surface area (Å²) in [7, 11) is 0. The maximum Gasteiger partial charge on any atom is 0.256 e. The molecule has 34 heavy (non-hydrogen) atoms. The molecule has 7 heteroatoms. The van der Waals surface area contributed by atoms with E-state index in [1.54, 1.807) is 34.5 Å². The van der Waals surface area contributed by atoms with Crippen LogP contribution in [0.15, 0.2) is 48.5 Å². The summed E-state index contributed by atoms with van der Waals surface area (Å²) in [5.74, 6) is -1.91. The summed E-state index contributed by atoms with van der Waals surface area (Å²) >= 11 is 0. The van der Waals surface area contributed by atoms with Crippen LogP contribution in [-0.4, -0.2) is 27.0 Å². The summed E-state index contributed by atoms with van der Waals surface area (Å²) in [6, 6.07) is 11.9. The monoisotopic (exact) mass is 463 g/mol. The SMILES string of the molecule is Cc1nn2c(C(C)C)c(C(=O)N3CCc4ccc(F)cc4C3)ccc2c1-c1c(F)cccc1F. The van der Waals surface area contributed by atoms with E-state index < -0.39 is 11.6 Å². The second-order valence-corrected chi connectivity index (χ2v) is 9.03. The molecule has 5 rings (SSSR count). The molecule has 3 heterocycles. The van der Waals surface area contributed by atoms with Crippen molar-refractivity contribution in [3.8, 4) is 11.1 Å². The zero-order valence-electron chi connectivity index (χ0n) is 19.2. The van der Waals surface area contributed by atoms with Crippen LogP contribution in [0.2, 0.25) is 0 Å². The van der Waals surface area contributed by atoms with Crippen LogP contribution in [0, 0.1) is 24.4 Å². The maximum absolute atomic E-state index is 14.6. The van der Waals surface area contributed by atoms with Gasteiger partial charge in [0.25, 0.3) is 5.91 Å². The lowest BCUT2D eigenvalue weighted by Crippen LogP contribution is -2.37. The molecule has 1 aliphatic heterocycles. The zero-order valence-corrected chi connectivity index (χ0v) is 19.2. The Morgan fingerprint density at radius 3 is 2.41 bits per heavy atom. The second-order valence-electron chi connectivity index (χ2n) is 9.03. The van der Waals surface area contributed by atoms with Gasteiger partial charge in [0.2, 0.25) is 0 Å². The minimum Gasteiger partial charge on any atom is -0.334 e. The normalized spacial score (nSPS) is 13.6. The molecule has 174 valence electrons. The number of nitrogens with zero attached hydrogens (tertiary/aromatic N) is 3. The molecule has 0 radical (unpaired) electrons. The van der Waals surface area contributed by atoms with Gasteiger partial charge >= 0.3 is 0 Å². The predicted molar refractivity (Wildman–Crippen MR) is 124 cm³/mol. The molecule has 1 amide bonds. The number of rotatable bonds is 3. The van der Waals surface area contributed by atoms with Crippen molar-refractivity contribution >= 4 is 11.4 Å². The minimum absolute atomic E-state index is 0.0882. The van der Waals surface area contributed by atoms with Crippen molar-refractivity contribution in [1.29, 1.82) is 0 Å². The van der Waals surface area contributed by atoms with Gasteiger partial charge in [-0.25, -0.2) is 17.7 Å². The predicted octanol–water partition coefficient (Wildman–Crippen LogP) is 6.05.